The van der Waals surface area contributed by atoms with E-state index >= 15 is 0 Å². The maximum absolute atomic E-state index is 13.4. The Bertz CT molecular complexity index is 482. The van der Waals surface area contributed by atoms with Crippen molar-refractivity contribution in [3.8, 4) is 0 Å². The SMILES string of the molecule is CCC[C@@H](NC(=O)Nc1cc(Br)ccc1F)C(=O)O. The van der Waals surface area contributed by atoms with Crippen molar-refractivity contribution in [1.82, 2.24) is 5.32 Å². The minimum atomic E-state index is -1.12. The van der Waals surface area contributed by atoms with E-state index < -0.39 is 23.9 Å². The van der Waals surface area contributed by atoms with Crippen molar-refractivity contribution in [2.24, 2.45) is 0 Å². The molecule has 5 nitrogen and oxygen atoms in total. The van der Waals surface area contributed by atoms with E-state index in [1.807, 2.05) is 6.92 Å². The van der Waals surface area contributed by atoms with Crippen LogP contribution in [0.3, 0.4) is 0 Å². The van der Waals surface area contributed by atoms with E-state index in [4.69, 9.17) is 5.11 Å². The molecule has 0 radical (unpaired) electrons. The first-order valence-electron chi connectivity index (χ1n) is 5.69. The number of halogens is 2. The Hall–Kier alpha value is -1.63. The van der Waals surface area contributed by atoms with Crippen molar-refractivity contribution in [3.63, 3.8) is 0 Å². The quantitative estimate of drug-likeness (QED) is 0.775. The van der Waals surface area contributed by atoms with E-state index in [0.717, 1.165) is 0 Å². The highest BCUT2D eigenvalue weighted by Gasteiger charge is 2.19. The smallest absolute Gasteiger partial charge is 0.326 e. The molecule has 0 heterocycles. The summed E-state index contributed by atoms with van der Waals surface area (Å²) in [6.45, 7) is 1.81. The molecule has 0 saturated heterocycles. The molecule has 3 N–H and O–H groups in total. The van der Waals surface area contributed by atoms with E-state index in [-0.39, 0.29) is 5.69 Å². The molecule has 0 saturated carbocycles. The van der Waals surface area contributed by atoms with Crippen molar-refractivity contribution >= 4 is 33.6 Å². The summed E-state index contributed by atoms with van der Waals surface area (Å²) in [6.07, 6.45) is 0.923. The van der Waals surface area contributed by atoms with Crippen LogP contribution in [0.2, 0.25) is 0 Å². The van der Waals surface area contributed by atoms with E-state index in [9.17, 15) is 14.0 Å². The Labute approximate surface area is 118 Å². The van der Waals surface area contributed by atoms with E-state index in [2.05, 4.69) is 26.6 Å². The molecule has 104 valence electrons. The normalized spacial score (nSPS) is 11.7. The largest absolute Gasteiger partial charge is 0.480 e. The van der Waals surface area contributed by atoms with Crippen molar-refractivity contribution in [1.29, 1.82) is 0 Å². The van der Waals surface area contributed by atoms with Gasteiger partial charge in [0.05, 0.1) is 5.69 Å². The Morgan fingerprint density at radius 3 is 2.74 bits per heavy atom. The Kier molecular flexibility index (Phi) is 5.75. The first-order valence-corrected chi connectivity index (χ1v) is 6.48. The predicted octanol–water partition coefficient (Wildman–Crippen LogP) is 2.96. The summed E-state index contributed by atoms with van der Waals surface area (Å²) in [4.78, 5) is 22.5. The van der Waals surface area contributed by atoms with Gasteiger partial charge in [-0.05, 0) is 24.6 Å². The number of rotatable bonds is 5. The van der Waals surface area contributed by atoms with Crippen LogP contribution >= 0.6 is 15.9 Å². The first kappa shape index (κ1) is 15.4. The van der Waals surface area contributed by atoms with Crippen LogP contribution in [-0.2, 0) is 4.79 Å². The number of amides is 2. The highest BCUT2D eigenvalue weighted by Crippen LogP contribution is 2.19. The molecular formula is C12H14BrFN2O3. The maximum Gasteiger partial charge on any atom is 0.326 e. The van der Waals surface area contributed by atoms with Gasteiger partial charge in [-0.15, -0.1) is 0 Å². The zero-order valence-corrected chi connectivity index (χ0v) is 11.8. The van der Waals surface area contributed by atoms with Crippen LogP contribution in [0.15, 0.2) is 22.7 Å². The third-order valence-electron chi connectivity index (χ3n) is 2.36. The van der Waals surface area contributed by atoms with Gasteiger partial charge in [0.2, 0.25) is 0 Å². The molecule has 19 heavy (non-hydrogen) atoms. The molecule has 0 aliphatic carbocycles. The summed E-state index contributed by atoms with van der Waals surface area (Å²) in [5.41, 5.74) is -0.0208. The van der Waals surface area contributed by atoms with Crippen LogP contribution in [-0.4, -0.2) is 23.1 Å². The lowest BCUT2D eigenvalue weighted by atomic mass is 10.2. The van der Waals surface area contributed by atoms with E-state index in [0.29, 0.717) is 17.3 Å². The van der Waals surface area contributed by atoms with Gasteiger partial charge in [0.15, 0.2) is 0 Å². The van der Waals surface area contributed by atoms with Crippen LogP contribution in [0.25, 0.3) is 0 Å². The molecule has 0 aromatic heterocycles. The standard InChI is InChI=1S/C12H14BrFN2O3/c1-2-3-9(11(17)18)15-12(19)16-10-6-7(13)4-5-8(10)14/h4-6,9H,2-3H2,1H3,(H,17,18)(H2,15,16,19)/t9-/m1/s1. The average molecular weight is 333 g/mol. The van der Waals surface area contributed by atoms with Gasteiger partial charge in [-0.3, -0.25) is 0 Å². The number of carbonyl (C=O) groups is 2. The Balaban J connectivity index is 2.68. The molecule has 0 fully saturated rings. The van der Waals surface area contributed by atoms with Gasteiger partial charge in [0.1, 0.15) is 11.9 Å². The van der Waals surface area contributed by atoms with Gasteiger partial charge in [0, 0.05) is 4.47 Å². The minimum Gasteiger partial charge on any atom is -0.480 e. The van der Waals surface area contributed by atoms with Gasteiger partial charge >= 0.3 is 12.0 Å². The zero-order chi connectivity index (χ0) is 14.4. The van der Waals surface area contributed by atoms with Crippen LogP contribution in [0, 0.1) is 5.82 Å². The van der Waals surface area contributed by atoms with Gasteiger partial charge < -0.3 is 15.7 Å². The summed E-state index contributed by atoms with van der Waals surface area (Å²) in [5.74, 6) is -1.72. The van der Waals surface area contributed by atoms with Crippen molar-refractivity contribution in [2.75, 3.05) is 5.32 Å². The van der Waals surface area contributed by atoms with Gasteiger partial charge in [-0.25, -0.2) is 14.0 Å². The monoisotopic (exact) mass is 332 g/mol. The average Bonchev–Trinajstić information content (AvgIpc) is 2.33. The van der Waals surface area contributed by atoms with Crippen molar-refractivity contribution in [3.05, 3.63) is 28.5 Å². The molecule has 0 aliphatic heterocycles. The lowest BCUT2D eigenvalue weighted by molar-refractivity contribution is -0.139. The third kappa shape index (κ3) is 4.86. The summed E-state index contributed by atoms with van der Waals surface area (Å²) >= 11 is 3.15. The predicted molar refractivity (Wildman–Crippen MR) is 72.6 cm³/mol. The van der Waals surface area contributed by atoms with Crippen LogP contribution in [0.5, 0.6) is 0 Å². The lowest BCUT2D eigenvalue weighted by Gasteiger charge is -2.14. The number of carbonyl (C=O) groups excluding carboxylic acids is 1. The topological polar surface area (TPSA) is 78.4 Å². The highest BCUT2D eigenvalue weighted by molar-refractivity contribution is 9.10. The molecule has 2 amide bonds. The number of nitrogens with one attached hydrogen (secondary N) is 2. The number of hydrogen-bond donors (Lipinski definition) is 3. The molecule has 0 unspecified atom stereocenters. The summed E-state index contributed by atoms with van der Waals surface area (Å²) in [6, 6.07) is 2.35. The Morgan fingerprint density at radius 2 is 2.16 bits per heavy atom. The maximum atomic E-state index is 13.4. The molecule has 1 atom stereocenters. The number of carboxylic acids is 1. The van der Waals surface area contributed by atoms with Crippen LogP contribution in [0.4, 0.5) is 14.9 Å². The fraction of sp³-hybridized carbons (Fsp3) is 0.333. The second-order valence-corrected chi connectivity index (χ2v) is 4.82. The number of carboxylic acid groups (broad SMARTS) is 1. The molecule has 0 bridgehead atoms. The third-order valence-corrected chi connectivity index (χ3v) is 2.85. The van der Waals surface area contributed by atoms with Crippen LogP contribution < -0.4 is 10.6 Å². The molecule has 1 aromatic rings. The zero-order valence-electron chi connectivity index (χ0n) is 10.2. The fourth-order valence-corrected chi connectivity index (χ4v) is 1.82. The molecular weight excluding hydrogens is 319 g/mol. The number of anilines is 1. The summed E-state index contributed by atoms with van der Waals surface area (Å²) in [5, 5.41) is 13.5. The molecule has 1 aromatic carbocycles. The number of hydrogen-bond acceptors (Lipinski definition) is 2. The number of aliphatic carboxylic acids is 1. The summed E-state index contributed by atoms with van der Waals surface area (Å²) in [7, 11) is 0. The highest BCUT2D eigenvalue weighted by atomic mass is 79.9. The minimum absolute atomic E-state index is 0.0208. The molecule has 7 heteroatoms. The van der Waals surface area contributed by atoms with E-state index in [1.165, 1.54) is 18.2 Å². The van der Waals surface area contributed by atoms with Gasteiger partial charge in [0.25, 0.3) is 0 Å². The molecule has 0 aliphatic rings. The first-order chi connectivity index (χ1) is 8.93. The van der Waals surface area contributed by atoms with Gasteiger partial charge in [-0.1, -0.05) is 29.3 Å². The second kappa shape index (κ2) is 7.08. The van der Waals surface area contributed by atoms with Gasteiger partial charge in [-0.2, -0.15) is 0 Å². The summed E-state index contributed by atoms with van der Waals surface area (Å²) < 4.78 is 14.0. The fourth-order valence-electron chi connectivity index (χ4n) is 1.46. The van der Waals surface area contributed by atoms with E-state index in [1.54, 1.807) is 0 Å². The second-order valence-electron chi connectivity index (χ2n) is 3.90. The van der Waals surface area contributed by atoms with Crippen LogP contribution in [0.1, 0.15) is 19.8 Å². The molecule has 0 spiro atoms. The number of benzene rings is 1. The number of urea groups is 1. The Morgan fingerprint density at radius 1 is 1.47 bits per heavy atom. The van der Waals surface area contributed by atoms with Crippen molar-refractivity contribution in [2.45, 2.75) is 25.8 Å². The van der Waals surface area contributed by atoms with Crippen molar-refractivity contribution < 1.29 is 19.1 Å². The molecule has 1 rings (SSSR count). The lowest BCUT2D eigenvalue weighted by Crippen LogP contribution is -2.43.